The average Bonchev–Trinajstić information content (AvgIpc) is 2.91. The third-order valence-electron chi connectivity index (χ3n) is 6.41. The first-order chi connectivity index (χ1) is 17.2. The minimum Gasteiger partial charge on any atom is -0.494 e. The number of aryl methyl sites for hydroxylation is 1. The van der Waals surface area contributed by atoms with Crippen LogP contribution in [0.15, 0.2) is 84.9 Å². The Morgan fingerprint density at radius 3 is 1.91 bits per heavy atom. The van der Waals surface area contributed by atoms with Crippen molar-refractivity contribution >= 4 is 10.8 Å². The van der Waals surface area contributed by atoms with Crippen LogP contribution in [0.25, 0.3) is 21.9 Å². The summed E-state index contributed by atoms with van der Waals surface area (Å²) in [6.07, 6.45) is 8.54. The molecule has 0 spiro atoms. The van der Waals surface area contributed by atoms with Gasteiger partial charge >= 0.3 is 0 Å². The van der Waals surface area contributed by atoms with Crippen LogP contribution in [-0.4, -0.2) is 6.61 Å². The molecule has 0 radical (unpaired) electrons. The molecule has 0 aliphatic rings. The zero-order chi connectivity index (χ0) is 24.3. The van der Waals surface area contributed by atoms with Gasteiger partial charge in [0.1, 0.15) is 5.75 Å². The molecule has 0 saturated carbocycles. The van der Waals surface area contributed by atoms with Crippen molar-refractivity contribution in [2.75, 3.05) is 6.61 Å². The molecule has 4 rings (SSSR count). The van der Waals surface area contributed by atoms with E-state index in [0.717, 1.165) is 36.3 Å². The fraction of sp³-hybridized carbons (Fsp3) is 0.294. The molecular weight excluding hydrogens is 424 g/mol. The van der Waals surface area contributed by atoms with E-state index in [4.69, 9.17) is 4.74 Å². The summed E-state index contributed by atoms with van der Waals surface area (Å²) in [5.41, 5.74) is 5.88. The Bertz CT molecular complexity index is 1270. The first kappa shape index (κ1) is 24.6. The lowest BCUT2D eigenvalue weighted by atomic mass is 10.0. The van der Waals surface area contributed by atoms with Crippen molar-refractivity contribution < 1.29 is 4.74 Å². The topological polar surface area (TPSA) is 9.23 Å². The summed E-state index contributed by atoms with van der Waals surface area (Å²) >= 11 is 0. The van der Waals surface area contributed by atoms with Crippen molar-refractivity contribution in [1.82, 2.24) is 0 Å². The van der Waals surface area contributed by atoms with E-state index in [9.17, 15) is 0 Å². The first-order valence-corrected chi connectivity index (χ1v) is 13.1. The fourth-order valence-electron chi connectivity index (χ4n) is 4.28. The maximum absolute atomic E-state index is 5.83. The number of ether oxygens (including phenoxy) is 1. The molecule has 0 heterocycles. The van der Waals surface area contributed by atoms with E-state index in [0.29, 0.717) is 0 Å². The van der Waals surface area contributed by atoms with E-state index >= 15 is 0 Å². The number of hydrogen-bond acceptors (Lipinski definition) is 1. The van der Waals surface area contributed by atoms with Crippen molar-refractivity contribution in [2.45, 2.75) is 58.8 Å². The van der Waals surface area contributed by atoms with Gasteiger partial charge in [-0.3, -0.25) is 0 Å². The Morgan fingerprint density at radius 1 is 0.571 bits per heavy atom. The molecule has 0 aromatic heterocycles. The van der Waals surface area contributed by atoms with Gasteiger partial charge in [-0.25, -0.2) is 0 Å². The van der Waals surface area contributed by atoms with Gasteiger partial charge in [0.2, 0.25) is 0 Å². The summed E-state index contributed by atoms with van der Waals surface area (Å²) in [4.78, 5) is 0. The number of fused-ring (bicyclic) bond motifs is 1. The number of hydrogen-bond donors (Lipinski definition) is 0. The van der Waals surface area contributed by atoms with Crippen LogP contribution in [0.2, 0.25) is 0 Å². The van der Waals surface area contributed by atoms with E-state index in [1.54, 1.807) is 0 Å². The van der Waals surface area contributed by atoms with Crippen LogP contribution in [0.5, 0.6) is 5.75 Å². The van der Waals surface area contributed by atoms with Gasteiger partial charge in [0.25, 0.3) is 0 Å². The van der Waals surface area contributed by atoms with Crippen LogP contribution >= 0.6 is 0 Å². The Labute approximate surface area is 211 Å². The van der Waals surface area contributed by atoms with Crippen molar-refractivity contribution in [1.29, 1.82) is 0 Å². The van der Waals surface area contributed by atoms with E-state index in [-0.39, 0.29) is 0 Å². The van der Waals surface area contributed by atoms with E-state index in [1.807, 2.05) is 0 Å². The lowest BCUT2D eigenvalue weighted by Crippen LogP contribution is -1.96. The van der Waals surface area contributed by atoms with Gasteiger partial charge in [-0.2, -0.15) is 0 Å². The average molecular weight is 461 g/mol. The fourth-order valence-corrected chi connectivity index (χ4v) is 4.28. The minimum absolute atomic E-state index is 0.790. The number of unbranched alkanes of at least 4 members (excludes halogenated alkanes) is 4. The first-order valence-electron chi connectivity index (χ1n) is 13.1. The summed E-state index contributed by atoms with van der Waals surface area (Å²) in [5.74, 6) is 7.60. The van der Waals surface area contributed by atoms with Crippen LogP contribution in [-0.2, 0) is 6.42 Å². The molecule has 0 aliphatic carbocycles. The Balaban J connectivity index is 1.38. The highest BCUT2D eigenvalue weighted by molar-refractivity contribution is 5.84. The predicted octanol–water partition coefficient (Wildman–Crippen LogP) is 9.21. The quantitative estimate of drug-likeness (QED) is 0.169. The lowest BCUT2D eigenvalue weighted by Gasteiger charge is -2.07. The molecule has 1 heteroatoms. The molecule has 35 heavy (non-hydrogen) atoms. The third kappa shape index (κ3) is 7.24. The predicted molar refractivity (Wildman–Crippen MR) is 150 cm³/mol. The molecule has 0 fully saturated rings. The Kier molecular flexibility index (Phi) is 9.02. The second-order valence-corrected chi connectivity index (χ2v) is 9.26. The summed E-state index contributed by atoms with van der Waals surface area (Å²) in [7, 11) is 0. The van der Waals surface area contributed by atoms with Crippen LogP contribution < -0.4 is 4.74 Å². The van der Waals surface area contributed by atoms with Gasteiger partial charge in [0.05, 0.1) is 6.61 Å². The normalized spacial score (nSPS) is 10.7. The summed E-state index contributed by atoms with van der Waals surface area (Å²) in [6, 6.07) is 30.2. The van der Waals surface area contributed by atoms with Gasteiger partial charge in [-0.05, 0) is 83.1 Å². The largest absolute Gasteiger partial charge is 0.494 e. The van der Waals surface area contributed by atoms with Crippen molar-refractivity contribution in [3.63, 3.8) is 0 Å². The summed E-state index contributed by atoms with van der Waals surface area (Å²) in [6.45, 7) is 5.25. The molecule has 1 nitrogen and oxygen atoms in total. The van der Waals surface area contributed by atoms with E-state index in [1.165, 1.54) is 59.6 Å². The van der Waals surface area contributed by atoms with Crippen LogP contribution in [0.4, 0.5) is 0 Å². The molecule has 0 aliphatic heterocycles. The van der Waals surface area contributed by atoms with Gasteiger partial charge < -0.3 is 4.74 Å². The van der Waals surface area contributed by atoms with Crippen LogP contribution in [0.1, 0.15) is 69.1 Å². The van der Waals surface area contributed by atoms with Crippen molar-refractivity contribution in [2.24, 2.45) is 0 Å². The van der Waals surface area contributed by atoms with E-state index in [2.05, 4.69) is 111 Å². The Morgan fingerprint density at radius 2 is 1.17 bits per heavy atom. The van der Waals surface area contributed by atoms with Crippen LogP contribution in [0.3, 0.4) is 0 Å². The molecule has 0 bridgehead atoms. The third-order valence-corrected chi connectivity index (χ3v) is 6.41. The second kappa shape index (κ2) is 12.8. The zero-order valence-corrected chi connectivity index (χ0v) is 21.1. The van der Waals surface area contributed by atoms with Crippen LogP contribution in [0, 0.1) is 11.8 Å². The molecule has 4 aromatic rings. The van der Waals surface area contributed by atoms with Crippen molar-refractivity contribution in [3.05, 3.63) is 102 Å². The standard InChI is InChI=1S/C34H36O/c1-3-5-7-9-28-14-18-33-26-29(15-19-32(33)25-28)11-10-27-12-16-30(17-13-27)31-20-22-34(23-21-31)35-24-8-6-4-2/h12-23,25-26H,3-9,24H2,1-2H3. The summed E-state index contributed by atoms with van der Waals surface area (Å²) < 4.78 is 5.83. The monoisotopic (exact) mass is 460 g/mol. The lowest BCUT2D eigenvalue weighted by molar-refractivity contribution is 0.306. The maximum Gasteiger partial charge on any atom is 0.119 e. The molecule has 0 unspecified atom stereocenters. The number of benzene rings is 4. The van der Waals surface area contributed by atoms with E-state index < -0.39 is 0 Å². The molecule has 0 saturated heterocycles. The molecule has 4 aromatic carbocycles. The highest BCUT2D eigenvalue weighted by Gasteiger charge is 2.01. The molecule has 0 amide bonds. The smallest absolute Gasteiger partial charge is 0.119 e. The highest BCUT2D eigenvalue weighted by atomic mass is 16.5. The summed E-state index contributed by atoms with van der Waals surface area (Å²) in [5, 5.41) is 2.55. The second-order valence-electron chi connectivity index (χ2n) is 9.26. The van der Waals surface area contributed by atoms with Gasteiger partial charge in [-0.1, -0.05) is 99.9 Å². The highest BCUT2D eigenvalue weighted by Crippen LogP contribution is 2.23. The SMILES string of the molecule is CCCCCOc1ccc(-c2ccc(C#Cc3ccc4cc(CCCCC)ccc4c3)cc2)cc1. The molecule has 0 N–H and O–H groups in total. The zero-order valence-electron chi connectivity index (χ0n) is 21.1. The van der Waals surface area contributed by atoms with Crippen molar-refractivity contribution in [3.8, 4) is 28.7 Å². The molecule has 178 valence electrons. The number of rotatable bonds is 10. The van der Waals surface area contributed by atoms with Gasteiger partial charge in [-0.15, -0.1) is 0 Å². The van der Waals surface area contributed by atoms with Gasteiger partial charge in [0.15, 0.2) is 0 Å². The van der Waals surface area contributed by atoms with Gasteiger partial charge in [0, 0.05) is 11.1 Å². The Hall–Kier alpha value is -3.50. The molecular formula is C34H36O. The minimum atomic E-state index is 0.790. The molecule has 0 atom stereocenters. The maximum atomic E-state index is 5.83.